The fourth-order valence-corrected chi connectivity index (χ4v) is 3.43. The standard InChI is InChI=1S/C25H37N3O14/c1-36-12-13-38-15-14-37-9-6-19(29)26-18(16-39-10-7-24(34)41-27-20(30)2-3-21(27)31)17-40-11-8-25(35)42-28-22(32)4-5-23(28)33/h18H,2-17H2,1H3,(H,26,29). The molecule has 2 saturated heterocycles. The molecule has 0 aromatic carbocycles. The third kappa shape index (κ3) is 13.4. The van der Waals surface area contributed by atoms with Gasteiger partial charge in [0.15, 0.2) is 0 Å². The molecule has 17 nitrogen and oxygen atoms in total. The van der Waals surface area contributed by atoms with Crippen LogP contribution in [0.15, 0.2) is 0 Å². The molecule has 0 aliphatic carbocycles. The van der Waals surface area contributed by atoms with Crippen molar-refractivity contribution in [2.45, 2.75) is 51.0 Å². The number of amides is 5. The Kier molecular flexibility index (Phi) is 16.2. The minimum Gasteiger partial charge on any atom is -0.382 e. The quantitative estimate of drug-likeness (QED) is 0.111. The van der Waals surface area contributed by atoms with E-state index in [1.54, 1.807) is 7.11 Å². The minimum atomic E-state index is -0.840. The Balaban J connectivity index is 1.71. The van der Waals surface area contributed by atoms with E-state index in [-0.39, 0.29) is 83.9 Å². The van der Waals surface area contributed by atoms with Crippen molar-refractivity contribution in [1.82, 2.24) is 15.4 Å². The predicted octanol–water partition coefficient (Wildman–Crippen LogP) is -1.43. The maximum Gasteiger partial charge on any atom is 0.335 e. The van der Waals surface area contributed by atoms with Crippen LogP contribution < -0.4 is 5.32 Å². The molecule has 2 heterocycles. The van der Waals surface area contributed by atoms with Crippen molar-refractivity contribution in [2.75, 3.05) is 66.6 Å². The highest BCUT2D eigenvalue weighted by molar-refractivity contribution is 6.02. The van der Waals surface area contributed by atoms with Crippen LogP contribution >= 0.6 is 0 Å². The molecule has 0 unspecified atom stereocenters. The van der Waals surface area contributed by atoms with Crippen LogP contribution in [-0.2, 0) is 66.9 Å². The molecule has 2 rings (SSSR count). The summed E-state index contributed by atoms with van der Waals surface area (Å²) in [5.41, 5.74) is 0. The van der Waals surface area contributed by atoms with Gasteiger partial charge in [-0.1, -0.05) is 0 Å². The third-order valence-electron chi connectivity index (χ3n) is 5.58. The SMILES string of the molecule is COCCOCCOCCC(=O)NC(COCCC(=O)ON1C(=O)CCC1=O)COCCC(=O)ON1C(=O)CCC1=O. The monoisotopic (exact) mass is 603 g/mol. The minimum absolute atomic E-state index is 0.0244. The number of rotatable bonds is 22. The van der Waals surface area contributed by atoms with Crippen molar-refractivity contribution in [3.05, 3.63) is 0 Å². The lowest BCUT2D eigenvalue weighted by Gasteiger charge is -2.19. The van der Waals surface area contributed by atoms with E-state index in [0.29, 0.717) is 36.6 Å². The molecular weight excluding hydrogens is 566 g/mol. The Morgan fingerprint density at radius 2 is 1.02 bits per heavy atom. The Hall–Kier alpha value is -3.51. The second-order valence-corrected chi connectivity index (χ2v) is 8.97. The van der Waals surface area contributed by atoms with Gasteiger partial charge in [-0.05, 0) is 0 Å². The number of carbonyl (C=O) groups is 7. The van der Waals surface area contributed by atoms with Crippen molar-refractivity contribution in [3.8, 4) is 0 Å². The van der Waals surface area contributed by atoms with Crippen molar-refractivity contribution in [1.29, 1.82) is 0 Å². The van der Waals surface area contributed by atoms with E-state index in [2.05, 4.69) is 5.32 Å². The van der Waals surface area contributed by atoms with Gasteiger partial charge in [0, 0.05) is 39.2 Å². The third-order valence-corrected chi connectivity index (χ3v) is 5.58. The summed E-state index contributed by atoms with van der Waals surface area (Å²) in [5.74, 6) is -4.44. The van der Waals surface area contributed by atoms with Crippen LogP contribution in [-0.4, -0.2) is 124 Å². The largest absolute Gasteiger partial charge is 0.382 e. The molecule has 0 aromatic rings. The highest BCUT2D eigenvalue weighted by Gasteiger charge is 2.33. The molecule has 0 saturated carbocycles. The average Bonchev–Trinajstić information content (AvgIpc) is 3.44. The highest BCUT2D eigenvalue weighted by atomic mass is 16.7. The molecule has 0 bridgehead atoms. The van der Waals surface area contributed by atoms with Gasteiger partial charge in [0.1, 0.15) is 0 Å². The van der Waals surface area contributed by atoms with Crippen LogP contribution in [0.4, 0.5) is 0 Å². The molecule has 1 N–H and O–H groups in total. The predicted molar refractivity (Wildman–Crippen MR) is 135 cm³/mol. The Morgan fingerprint density at radius 3 is 1.48 bits per heavy atom. The number of hydrogen-bond acceptors (Lipinski definition) is 14. The molecule has 0 radical (unpaired) electrons. The molecule has 17 heteroatoms. The lowest BCUT2D eigenvalue weighted by Crippen LogP contribution is -2.42. The summed E-state index contributed by atoms with van der Waals surface area (Å²) in [5, 5.41) is 3.58. The molecule has 42 heavy (non-hydrogen) atoms. The van der Waals surface area contributed by atoms with Crippen LogP contribution in [0.25, 0.3) is 0 Å². The van der Waals surface area contributed by atoms with Crippen molar-refractivity contribution in [2.24, 2.45) is 0 Å². The van der Waals surface area contributed by atoms with E-state index in [1.165, 1.54) is 0 Å². The zero-order valence-corrected chi connectivity index (χ0v) is 23.5. The maximum atomic E-state index is 12.4. The molecule has 5 amide bonds. The van der Waals surface area contributed by atoms with Crippen molar-refractivity contribution >= 4 is 41.5 Å². The van der Waals surface area contributed by atoms with E-state index in [4.69, 9.17) is 33.4 Å². The summed E-state index contributed by atoms with van der Waals surface area (Å²) in [6.45, 7) is 1.21. The maximum absolute atomic E-state index is 12.4. The Labute approximate surface area is 241 Å². The van der Waals surface area contributed by atoms with Gasteiger partial charge in [0.2, 0.25) is 5.91 Å². The molecule has 0 spiro atoms. The fourth-order valence-electron chi connectivity index (χ4n) is 3.43. The average molecular weight is 604 g/mol. The summed E-state index contributed by atoms with van der Waals surface area (Å²) in [6, 6.07) is -0.689. The molecule has 2 aliphatic rings. The van der Waals surface area contributed by atoms with Gasteiger partial charge in [-0.2, -0.15) is 0 Å². The van der Waals surface area contributed by atoms with Gasteiger partial charge in [-0.25, -0.2) is 9.59 Å². The van der Waals surface area contributed by atoms with Crippen molar-refractivity contribution in [3.63, 3.8) is 0 Å². The Morgan fingerprint density at radius 1 is 0.619 bits per heavy atom. The normalized spacial score (nSPS) is 15.2. The van der Waals surface area contributed by atoms with Gasteiger partial charge in [-0.15, -0.1) is 10.1 Å². The van der Waals surface area contributed by atoms with E-state index in [0.717, 1.165) is 0 Å². The highest BCUT2D eigenvalue weighted by Crippen LogP contribution is 2.13. The first-order chi connectivity index (χ1) is 20.2. The van der Waals surface area contributed by atoms with Gasteiger partial charge < -0.3 is 38.7 Å². The van der Waals surface area contributed by atoms with Gasteiger partial charge in [0.05, 0.1) is 78.3 Å². The number of imide groups is 2. The van der Waals surface area contributed by atoms with E-state index < -0.39 is 41.6 Å². The number of methoxy groups -OCH3 is 1. The summed E-state index contributed by atoms with van der Waals surface area (Å²) in [7, 11) is 1.56. The van der Waals surface area contributed by atoms with E-state index in [1.807, 2.05) is 0 Å². The van der Waals surface area contributed by atoms with Crippen LogP contribution in [0.5, 0.6) is 0 Å². The first kappa shape index (κ1) is 34.7. The summed E-state index contributed by atoms with van der Waals surface area (Å²) in [4.78, 5) is 92.0. The molecule has 0 aromatic heterocycles. The topological polar surface area (TPSA) is 203 Å². The van der Waals surface area contributed by atoms with E-state index >= 15 is 0 Å². The van der Waals surface area contributed by atoms with Crippen LogP contribution in [0.1, 0.15) is 44.9 Å². The number of carbonyl (C=O) groups excluding carboxylic acids is 7. The smallest absolute Gasteiger partial charge is 0.335 e. The molecule has 236 valence electrons. The van der Waals surface area contributed by atoms with Gasteiger partial charge in [0.25, 0.3) is 23.6 Å². The summed E-state index contributed by atoms with van der Waals surface area (Å²) >= 11 is 0. The van der Waals surface area contributed by atoms with E-state index in [9.17, 15) is 33.6 Å². The molecule has 0 atom stereocenters. The summed E-state index contributed by atoms with van der Waals surface area (Å²) < 4.78 is 26.4. The van der Waals surface area contributed by atoms with Gasteiger partial charge in [-0.3, -0.25) is 24.0 Å². The second kappa shape index (κ2) is 19.6. The molecule has 2 fully saturated rings. The summed E-state index contributed by atoms with van der Waals surface area (Å²) in [6.07, 6.45) is -0.597. The lowest BCUT2D eigenvalue weighted by atomic mass is 10.3. The van der Waals surface area contributed by atoms with Crippen LogP contribution in [0, 0.1) is 0 Å². The lowest BCUT2D eigenvalue weighted by molar-refractivity contribution is -0.198. The van der Waals surface area contributed by atoms with Crippen molar-refractivity contribution < 1.29 is 66.9 Å². The van der Waals surface area contributed by atoms with Crippen LogP contribution in [0.3, 0.4) is 0 Å². The second-order valence-electron chi connectivity index (χ2n) is 8.97. The number of hydroxylamine groups is 4. The van der Waals surface area contributed by atoms with Crippen LogP contribution in [0.2, 0.25) is 0 Å². The molecule has 2 aliphatic heterocycles. The number of nitrogens with one attached hydrogen (secondary N) is 1. The zero-order valence-electron chi connectivity index (χ0n) is 23.5. The first-order valence-electron chi connectivity index (χ1n) is 13.4. The number of nitrogens with zero attached hydrogens (tertiary/aromatic N) is 2. The fraction of sp³-hybridized carbons (Fsp3) is 0.720. The number of ether oxygens (including phenoxy) is 5. The first-order valence-corrected chi connectivity index (χ1v) is 13.4. The van der Waals surface area contributed by atoms with Gasteiger partial charge >= 0.3 is 11.9 Å². The Bertz CT molecular complexity index is 869. The zero-order chi connectivity index (χ0) is 30.7. The molecular formula is C25H37N3O14. The number of hydrogen-bond donors (Lipinski definition) is 1.